The first kappa shape index (κ1) is 29.8. The first-order valence-electron chi connectivity index (χ1n) is 13.0. The largest absolute Gasteiger partial charge is 0.487 e. The lowest BCUT2D eigenvalue weighted by Gasteiger charge is -2.17. The first-order valence-corrected chi connectivity index (χ1v) is 16.0. The highest BCUT2D eigenvalue weighted by Crippen LogP contribution is 2.33. The number of fused-ring (bicyclic) bond motifs is 1. The molecule has 0 aliphatic heterocycles. The molecule has 0 aliphatic carbocycles. The Morgan fingerprint density at radius 2 is 1.90 bits per heavy atom. The van der Waals surface area contributed by atoms with Crippen LogP contribution in [-0.4, -0.2) is 39.5 Å². The van der Waals surface area contributed by atoms with Gasteiger partial charge in [0.15, 0.2) is 15.3 Å². The van der Waals surface area contributed by atoms with E-state index in [0.717, 1.165) is 0 Å². The van der Waals surface area contributed by atoms with Crippen molar-refractivity contribution in [1.82, 2.24) is 19.9 Å². The summed E-state index contributed by atoms with van der Waals surface area (Å²) in [7, 11) is -3.33. The number of sulfone groups is 1. The molecule has 0 aliphatic rings. The summed E-state index contributed by atoms with van der Waals surface area (Å²) in [6.07, 6.45) is 2.57. The summed E-state index contributed by atoms with van der Waals surface area (Å²) < 4.78 is 49.2. The highest BCUT2D eigenvalue weighted by molar-refractivity contribution is 7.91. The predicted molar refractivity (Wildman–Crippen MR) is 162 cm³/mol. The molecule has 42 heavy (non-hydrogen) atoms. The number of thiazole rings is 1. The maximum Gasteiger partial charge on any atom is 0.176 e. The average Bonchev–Trinajstić information content (AvgIpc) is 3.47. The summed E-state index contributed by atoms with van der Waals surface area (Å²) in [6, 6.07) is 13.3. The van der Waals surface area contributed by atoms with Crippen LogP contribution in [0.5, 0.6) is 5.75 Å². The lowest BCUT2D eigenvalue weighted by atomic mass is 10.2. The minimum absolute atomic E-state index is 0.00412. The van der Waals surface area contributed by atoms with Crippen molar-refractivity contribution in [1.29, 1.82) is 0 Å². The molecule has 0 spiro atoms. The van der Waals surface area contributed by atoms with Gasteiger partial charge in [-0.3, -0.25) is 4.98 Å². The van der Waals surface area contributed by atoms with Crippen LogP contribution in [-0.2, 0) is 21.2 Å². The van der Waals surface area contributed by atoms with Gasteiger partial charge in [-0.15, -0.1) is 11.3 Å². The number of anilines is 2. The van der Waals surface area contributed by atoms with Crippen LogP contribution in [0.4, 0.5) is 15.9 Å². The van der Waals surface area contributed by atoms with Gasteiger partial charge in [0.25, 0.3) is 0 Å². The van der Waals surface area contributed by atoms with E-state index in [1.807, 2.05) is 11.4 Å². The van der Waals surface area contributed by atoms with Gasteiger partial charge in [-0.05, 0) is 55.8 Å². The molecular formula is C29H27ClFN5O4S2. The molecule has 5 rings (SSSR count). The third-order valence-electron chi connectivity index (χ3n) is 6.44. The fourth-order valence-corrected chi connectivity index (χ4v) is 5.92. The fourth-order valence-electron chi connectivity index (χ4n) is 4.08. The van der Waals surface area contributed by atoms with Crippen molar-refractivity contribution in [2.45, 2.75) is 38.9 Å². The van der Waals surface area contributed by atoms with Crippen LogP contribution in [0.1, 0.15) is 37.4 Å². The van der Waals surface area contributed by atoms with Crippen LogP contribution in [0, 0.1) is 5.82 Å². The molecule has 3 heterocycles. The van der Waals surface area contributed by atoms with Crippen LogP contribution in [0.15, 0.2) is 66.4 Å². The minimum Gasteiger partial charge on any atom is -0.487 e. The van der Waals surface area contributed by atoms with Crippen LogP contribution in [0.3, 0.4) is 0 Å². The van der Waals surface area contributed by atoms with Gasteiger partial charge in [0.2, 0.25) is 0 Å². The van der Waals surface area contributed by atoms with Gasteiger partial charge in [0.1, 0.15) is 41.4 Å². The van der Waals surface area contributed by atoms with Crippen LogP contribution in [0.25, 0.3) is 22.3 Å². The Hall–Kier alpha value is -3.71. The van der Waals surface area contributed by atoms with Gasteiger partial charge in [0, 0.05) is 22.2 Å². The van der Waals surface area contributed by atoms with E-state index < -0.39 is 21.4 Å². The smallest absolute Gasteiger partial charge is 0.176 e. The Morgan fingerprint density at radius 3 is 2.67 bits per heavy atom. The number of hydrogen-bond acceptors (Lipinski definition) is 10. The van der Waals surface area contributed by atoms with Gasteiger partial charge in [-0.25, -0.2) is 27.8 Å². The van der Waals surface area contributed by atoms with Crippen LogP contribution in [0.2, 0.25) is 5.02 Å². The van der Waals surface area contributed by atoms with Crippen molar-refractivity contribution in [2.75, 3.05) is 11.1 Å². The van der Waals surface area contributed by atoms with Gasteiger partial charge in [-0.2, -0.15) is 0 Å². The number of nitrogens with one attached hydrogen (secondary N) is 1. The molecule has 2 aromatic carbocycles. The number of ether oxygens (including phenoxy) is 2. The second-order valence-corrected chi connectivity index (χ2v) is 13.2. The van der Waals surface area contributed by atoms with Crippen molar-refractivity contribution < 1.29 is 22.3 Å². The zero-order chi connectivity index (χ0) is 29.9. The molecule has 218 valence electrons. The third kappa shape index (κ3) is 6.84. The summed E-state index contributed by atoms with van der Waals surface area (Å²) in [6.45, 7) is 5.08. The molecule has 0 saturated heterocycles. The standard InChI is InChI=1S/C29H27ClFN5O4S2/c1-4-42(37,38)18(3)40-17(2)29-36-26(15-41-29)24-12-22-25(13-32-24)33-16-34-28(22)35-21-8-9-27(23(30)11-21)39-14-19-6-5-7-20(31)10-19/h5-13,15-18H,4,14H2,1-3H3,(H,33,34,35). The maximum absolute atomic E-state index is 13.5. The van der Waals surface area contributed by atoms with Crippen molar-refractivity contribution in [3.05, 3.63) is 87.8 Å². The molecule has 0 saturated carbocycles. The van der Waals surface area contributed by atoms with Crippen LogP contribution < -0.4 is 10.1 Å². The van der Waals surface area contributed by atoms with Crippen molar-refractivity contribution >= 4 is 55.2 Å². The lowest BCUT2D eigenvalue weighted by molar-refractivity contribution is 0.0503. The van der Waals surface area contributed by atoms with E-state index in [0.29, 0.717) is 55.1 Å². The molecule has 1 N–H and O–H groups in total. The SMILES string of the molecule is CCS(=O)(=O)C(C)OC(C)c1nc(-c2cc3c(Nc4ccc(OCc5cccc(F)c5)c(Cl)c4)ncnc3cn2)cs1. The first-order chi connectivity index (χ1) is 20.1. The molecular weight excluding hydrogens is 601 g/mol. The van der Waals surface area contributed by atoms with E-state index in [1.54, 1.807) is 50.4 Å². The van der Waals surface area contributed by atoms with Gasteiger partial charge in [-0.1, -0.05) is 30.7 Å². The second-order valence-electron chi connectivity index (χ2n) is 9.37. The topological polar surface area (TPSA) is 116 Å². The summed E-state index contributed by atoms with van der Waals surface area (Å²) >= 11 is 7.84. The molecule has 13 heteroatoms. The number of halogens is 2. The number of aromatic nitrogens is 4. The van der Waals surface area contributed by atoms with E-state index in [4.69, 9.17) is 21.1 Å². The second kappa shape index (κ2) is 12.7. The highest BCUT2D eigenvalue weighted by atomic mass is 35.5. The minimum atomic E-state index is -3.33. The number of nitrogens with zero attached hydrogens (tertiary/aromatic N) is 4. The number of pyridine rings is 1. The Kier molecular flexibility index (Phi) is 8.97. The molecule has 3 aromatic heterocycles. The summed E-state index contributed by atoms with van der Waals surface area (Å²) in [5.74, 6) is 0.679. The van der Waals surface area contributed by atoms with Crippen LogP contribution >= 0.6 is 22.9 Å². The third-order valence-corrected chi connectivity index (χ3v) is 9.66. The quantitative estimate of drug-likeness (QED) is 0.163. The van der Waals surface area contributed by atoms with E-state index >= 15 is 0 Å². The van der Waals surface area contributed by atoms with E-state index in [1.165, 1.54) is 36.7 Å². The van der Waals surface area contributed by atoms with E-state index in [9.17, 15) is 12.8 Å². The molecule has 2 atom stereocenters. The van der Waals surface area contributed by atoms with E-state index in [-0.39, 0.29) is 18.2 Å². The highest BCUT2D eigenvalue weighted by Gasteiger charge is 2.24. The number of benzene rings is 2. The van der Waals surface area contributed by atoms with Gasteiger partial charge in [0.05, 0.1) is 28.1 Å². The van der Waals surface area contributed by atoms with Crippen molar-refractivity contribution in [3.8, 4) is 17.1 Å². The normalized spacial score (nSPS) is 13.2. The molecule has 0 fully saturated rings. The Labute approximate surface area is 251 Å². The zero-order valence-corrected chi connectivity index (χ0v) is 25.3. The van der Waals surface area contributed by atoms with Crippen molar-refractivity contribution in [3.63, 3.8) is 0 Å². The zero-order valence-electron chi connectivity index (χ0n) is 22.9. The van der Waals surface area contributed by atoms with E-state index in [2.05, 4.69) is 25.3 Å². The lowest BCUT2D eigenvalue weighted by Crippen LogP contribution is -2.24. The Balaban J connectivity index is 1.33. The molecule has 5 aromatic rings. The summed E-state index contributed by atoms with van der Waals surface area (Å²) in [5.41, 5.74) is 2.28. The molecule has 0 amide bonds. The summed E-state index contributed by atoms with van der Waals surface area (Å²) in [5, 5.41) is 6.86. The Bertz CT molecular complexity index is 1840. The fraction of sp³-hybridized carbons (Fsp3) is 0.241. The average molecular weight is 628 g/mol. The maximum atomic E-state index is 13.5. The Morgan fingerprint density at radius 1 is 1.07 bits per heavy atom. The molecule has 0 radical (unpaired) electrons. The number of hydrogen-bond donors (Lipinski definition) is 1. The molecule has 9 nitrogen and oxygen atoms in total. The van der Waals surface area contributed by atoms with Gasteiger partial charge >= 0.3 is 0 Å². The van der Waals surface area contributed by atoms with Gasteiger partial charge < -0.3 is 14.8 Å². The molecule has 0 bridgehead atoms. The van der Waals surface area contributed by atoms with Crippen molar-refractivity contribution in [2.24, 2.45) is 0 Å². The number of rotatable bonds is 11. The monoisotopic (exact) mass is 627 g/mol. The molecule has 2 unspecified atom stereocenters. The summed E-state index contributed by atoms with van der Waals surface area (Å²) in [4.78, 5) is 17.9. The predicted octanol–water partition coefficient (Wildman–Crippen LogP) is 7.12.